The predicted octanol–water partition coefficient (Wildman–Crippen LogP) is 4.17. The van der Waals surface area contributed by atoms with Crippen LogP contribution in [0.15, 0.2) is 13.2 Å². The van der Waals surface area contributed by atoms with E-state index in [9.17, 15) is 4.79 Å². The molecule has 0 amide bonds. The molecule has 0 atom stereocenters. The molecule has 0 radical (unpaired) electrons. The van der Waals surface area contributed by atoms with Gasteiger partial charge in [0.15, 0.2) is 0 Å². The van der Waals surface area contributed by atoms with Crippen molar-refractivity contribution in [3.8, 4) is 0 Å². The maximum Gasteiger partial charge on any atom is 0.349 e. The Bertz CT molecular complexity index is 349. The van der Waals surface area contributed by atoms with Crippen LogP contribution in [-0.2, 0) is 4.74 Å². The largest absolute Gasteiger partial charge is 0.462 e. The highest BCUT2D eigenvalue weighted by atomic mass is 79.9. The molecule has 1 rings (SSSR count). The summed E-state index contributed by atoms with van der Waals surface area (Å²) in [6, 6.07) is 0. The first-order valence-electron chi connectivity index (χ1n) is 3.80. The number of halogens is 2. The molecule has 14 heavy (non-hydrogen) atoms. The van der Waals surface area contributed by atoms with Gasteiger partial charge in [-0.2, -0.15) is 0 Å². The zero-order valence-corrected chi connectivity index (χ0v) is 12.4. The lowest BCUT2D eigenvalue weighted by Gasteiger charge is -2.00. The van der Waals surface area contributed by atoms with Crippen LogP contribution >= 0.6 is 55.0 Å². The number of thiophene rings is 1. The van der Waals surface area contributed by atoms with Crippen LogP contribution in [0.5, 0.6) is 0 Å². The van der Waals surface area contributed by atoms with E-state index in [1.165, 1.54) is 23.1 Å². The summed E-state index contributed by atoms with van der Waals surface area (Å²) in [6.07, 6.45) is 1.93. The first kappa shape index (κ1) is 12.5. The zero-order valence-electron chi connectivity index (χ0n) is 7.60. The minimum atomic E-state index is -0.256. The van der Waals surface area contributed by atoms with E-state index in [1.807, 2.05) is 6.26 Å². The molecule has 0 saturated carbocycles. The molecule has 0 aliphatic heterocycles. The molecule has 1 aromatic heterocycles. The molecule has 1 heterocycles. The third kappa shape index (κ3) is 2.53. The van der Waals surface area contributed by atoms with Crippen LogP contribution in [0, 0.1) is 0 Å². The Morgan fingerprint density at radius 2 is 2.21 bits per heavy atom. The van der Waals surface area contributed by atoms with E-state index in [-0.39, 0.29) is 5.97 Å². The van der Waals surface area contributed by atoms with Crippen molar-refractivity contribution in [2.24, 2.45) is 0 Å². The van der Waals surface area contributed by atoms with E-state index in [2.05, 4.69) is 31.9 Å². The van der Waals surface area contributed by atoms with Gasteiger partial charge in [-0.05, 0) is 45.0 Å². The molecule has 0 fully saturated rings. The first-order valence-corrected chi connectivity index (χ1v) is 7.43. The fourth-order valence-electron chi connectivity index (χ4n) is 0.883. The molecule has 0 N–H and O–H groups in total. The number of esters is 1. The lowest BCUT2D eigenvalue weighted by Crippen LogP contribution is -2.03. The van der Waals surface area contributed by atoms with Gasteiger partial charge in [-0.1, -0.05) is 0 Å². The second-order valence-corrected chi connectivity index (χ2v) is 6.22. The summed E-state index contributed by atoms with van der Waals surface area (Å²) < 4.78 is 6.81. The second kappa shape index (κ2) is 5.53. The van der Waals surface area contributed by atoms with Gasteiger partial charge in [-0.3, -0.25) is 0 Å². The Morgan fingerprint density at radius 1 is 1.57 bits per heavy atom. The van der Waals surface area contributed by atoms with Crippen molar-refractivity contribution in [1.29, 1.82) is 0 Å². The predicted molar refractivity (Wildman–Crippen MR) is 67.5 cm³/mol. The van der Waals surface area contributed by atoms with E-state index < -0.39 is 0 Å². The van der Waals surface area contributed by atoms with E-state index in [4.69, 9.17) is 4.74 Å². The summed E-state index contributed by atoms with van der Waals surface area (Å²) >= 11 is 9.71. The number of thioether (sulfide) groups is 1. The Balaban J connectivity index is 3.08. The Hall–Kier alpha value is 0.480. The minimum absolute atomic E-state index is 0.256. The van der Waals surface area contributed by atoms with E-state index in [0.717, 1.165) is 13.2 Å². The van der Waals surface area contributed by atoms with Crippen molar-refractivity contribution in [3.05, 3.63) is 13.1 Å². The van der Waals surface area contributed by atoms with Gasteiger partial charge in [0, 0.05) is 4.90 Å². The fourth-order valence-corrected chi connectivity index (χ4v) is 4.45. The monoisotopic (exact) mass is 358 g/mol. The number of hydrogen-bond donors (Lipinski definition) is 0. The van der Waals surface area contributed by atoms with Crippen LogP contribution in [0.4, 0.5) is 0 Å². The lowest BCUT2D eigenvalue weighted by molar-refractivity contribution is 0.0528. The van der Waals surface area contributed by atoms with Gasteiger partial charge >= 0.3 is 5.97 Å². The molecule has 6 heteroatoms. The molecule has 0 saturated heterocycles. The van der Waals surface area contributed by atoms with Crippen LogP contribution in [0.3, 0.4) is 0 Å². The summed E-state index contributed by atoms with van der Waals surface area (Å²) in [6.45, 7) is 2.20. The highest BCUT2D eigenvalue weighted by Crippen LogP contribution is 2.42. The highest BCUT2D eigenvalue weighted by molar-refractivity contribution is 9.13. The minimum Gasteiger partial charge on any atom is -0.462 e. The van der Waals surface area contributed by atoms with Crippen molar-refractivity contribution < 1.29 is 9.53 Å². The van der Waals surface area contributed by atoms with Gasteiger partial charge in [-0.15, -0.1) is 23.1 Å². The summed E-state index contributed by atoms with van der Waals surface area (Å²) in [5.74, 6) is -0.256. The third-order valence-electron chi connectivity index (χ3n) is 1.43. The van der Waals surface area contributed by atoms with Gasteiger partial charge < -0.3 is 4.74 Å². The van der Waals surface area contributed by atoms with E-state index in [0.29, 0.717) is 11.5 Å². The fraction of sp³-hybridized carbons (Fsp3) is 0.375. The maximum atomic E-state index is 11.5. The van der Waals surface area contributed by atoms with Gasteiger partial charge in [0.05, 0.1) is 14.9 Å². The smallest absolute Gasteiger partial charge is 0.349 e. The van der Waals surface area contributed by atoms with Crippen LogP contribution in [-0.4, -0.2) is 18.8 Å². The second-order valence-electron chi connectivity index (χ2n) is 2.27. The quantitative estimate of drug-likeness (QED) is 0.598. The van der Waals surface area contributed by atoms with Crippen LogP contribution in [0.2, 0.25) is 0 Å². The van der Waals surface area contributed by atoms with Crippen molar-refractivity contribution in [1.82, 2.24) is 0 Å². The SMILES string of the molecule is CCOC(=O)c1sc(Br)c(Br)c1SC. The standard InChI is InChI=1S/C8H8Br2O2S2/c1-3-12-8(11)6-5(13-2)4(9)7(10)14-6/h3H2,1-2H3. The third-order valence-corrected chi connectivity index (χ3v) is 6.07. The van der Waals surface area contributed by atoms with Gasteiger partial charge in [0.2, 0.25) is 0 Å². The summed E-state index contributed by atoms with van der Waals surface area (Å²) in [4.78, 5) is 13.1. The van der Waals surface area contributed by atoms with Crippen LogP contribution in [0.1, 0.15) is 16.6 Å². The molecular formula is C8H8Br2O2S2. The number of rotatable bonds is 3. The molecule has 0 unspecified atom stereocenters. The Kier molecular flexibility index (Phi) is 4.96. The van der Waals surface area contributed by atoms with Gasteiger partial charge in [0.25, 0.3) is 0 Å². The van der Waals surface area contributed by atoms with Gasteiger partial charge in [0.1, 0.15) is 4.88 Å². The summed E-state index contributed by atoms with van der Waals surface area (Å²) in [5, 5.41) is 0. The molecule has 0 aliphatic carbocycles. The van der Waals surface area contributed by atoms with Crippen molar-refractivity contribution in [2.45, 2.75) is 11.8 Å². The molecule has 78 valence electrons. The number of ether oxygens (including phenoxy) is 1. The average Bonchev–Trinajstić information content (AvgIpc) is 2.44. The molecule has 0 bridgehead atoms. The first-order chi connectivity index (χ1) is 6.61. The molecule has 0 aliphatic rings. The maximum absolute atomic E-state index is 11.5. The topological polar surface area (TPSA) is 26.3 Å². The van der Waals surface area contributed by atoms with E-state index in [1.54, 1.807) is 6.92 Å². The molecular weight excluding hydrogens is 352 g/mol. The van der Waals surface area contributed by atoms with Crippen molar-refractivity contribution in [3.63, 3.8) is 0 Å². The Morgan fingerprint density at radius 3 is 2.71 bits per heavy atom. The molecule has 2 nitrogen and oxygen atoms in total. The number of carbonyl (C=O) groups excluding carboxylic acids is 1. The summed E-state index contributed by atoms with van der Waals surface area (Å²) in [7, 11) is 0. The average molecular weight is 360 g/mol. The normalized spacial score (nSPS) is 10.3. The van der Waals surface area contributed by atoms with Crippen LogP contribution < -0.4 is 0 Å². The highest BCUT2D eigenvalue weighted by Gasteiger charge is 2.20. The lowest BCUT2D eigenvalue weighted by atomic mass is 10.5. The molecule has 1 aromatic rings. The molecule has 0 spiro atoms. The van der Waals surface area contributed by atoms with Crippen molar-refractivity contribution >= 4 is 60.9 Å². The zero-order chi connectivity index (χ0) is 10.7. The summed E-state index contributed by atoms with van der Waals surface area (Å²) in [5.41, 5.74) is 0. The number of hydrogen-bond acceptors (Lipinski definition) is 4. The van der Waals surface area contributed by atoms with Crippen LogP contribution in [0.25, 0.3) is 0 Å². The molecule has 0 aromatic carbocycles. The van der Waals surface area contributed by atoms with Gasteiger partial charge in [-0.25, -0.2) is 4.79 Å². The Labute approximate surface area is 108 Å². The van der Waals surface area contributed by atoms with Crippen molar-refractivity contribution in [2.75, 3.05) is 12.9 Å². The number of carbonyl (C=O) groups is 1. The van der Waals surface area contributed by atoms with E-state index >= 15 is 0 Å².